The van der Waals surface area contributed by atoms with Gasteiger partial charge >= 0.3 is 6.09 Å². The van der Waals surface area contributed by atoms with Crippen molar-refractivity contribution in [1.82, 2.24) is 10.2 Å². The van der Waals surface area contributed by atoms with E-state index in [0.29, 0.717) is 25.2 Å². The van der Waals surface area contributed by atoms with E-state index in [0.717, 1.165) is 25.0 Å². The molecule has 31 heavy (non-hydrogen) atoms. The first kappa shape index (κ1) is 22.7. The van der Waals surface area contributed by atoms with Crippen LogP contribution < -0.4 is 10.1 Å². The molecule has 1 atom stereocenters. The molecule has 0 fully saturated rings. The molecule has 1 N–H and O–H groups in total. The molecule has 0 bridgehead atoms. The predicted octanol–water partition coefficient (Wildman–Crippen LogP) is 4.44. The van der Waals surface area contributed by atoms with Crippen LogP contribution in [-0.2, 0) is 11.2 Å². The molecule has 0 saturated heterocycles. The van der Waals surface area contributed by atoms with Crippen LogP contribution in [0.15, 0.2) is 54.6 Å². The number of carbonyl (C=O) groups excluding carboxylic acids is 2. The van der Waals surface area contributed by atoms with Gasteiger partial charge in [0.15, 0.2) is 0 Å². The number of rotatable bonds is 8. The molecule has 1 aliphatic heterocycles. The van der Waals surface area contributed by atoms with Gasteiger partial charge in [-0.1, -0.05) is 36.4 Å². The van der Waals surface area contributed by atoms with Crippen molar-refractivity contribution in [3.63, 3.8) is 0 Å². The van der Waals surface area contributed by atoms with Crippen LogP contribution in [0.25, 0.3) is 0 Å². The Morgan fingerprint density at radius 1 is 1.06 bits per heavy atom. The lowest BCUT2D eigenvalue weighted by atomic mass is 10.1. The van der Waals surface area contributed by atoms with Crippen molar-refractivity contribution in [2.45, 2.75) is 51.7 Å². The summed E-state index contributed by atoms with van der Waals surface area (Å²) in [6, 6.07) is 17.1. The van der Waals surface area contributed by atoms with Crippen LogP contribution in [0.5, 0.6) is 5.75 Å². The molecular weight excluding hydrogens is 392 g/mol. The zero-order chi connectivity index (χ0) is 22.3. The first-order valence-electron chi connectivity index (χ1n) is 10.9. The second-order valence-electron chi connectivity index (χ2n) is 8.81. The minimum absolute atomic E-state index is 0.0808. The lowest BCUT2D eigenvalue weighted by Crippen LogP contribution is -2.43. The Kier molecular flexibility index (Phi) is 7.55. The number of ether oxygens (including phenoxy) is 2. The maximum absolute atomic E-state index is 12.8. The van der Waals surface area contributed by atoms with Crippen LogP contribution in [0.4, 0.5) is 4.79 Å². The largest absolute Gasteiger partial charge is 0.488 e. The molecule has 6 nitrogen and oxygen atoms in total. The number of benzene rings is 2. The number of carbonyl (C=O) groups is 2. The van der Waals surface area contributed by atoms with Crippen LogP contribution in [0, 0.1) is 0 Å². The summed E-state index contributed by atoms with van der Waals surface area (Å²) in [5, 5.41) is 2.93. The fraction of sp³-hybridized carbons (Fsp3) is 0.440. The Bertz CT molecular complexity index is 852. The third-order valence-electron chi connectivity index (χ3n) is 4.97. The van der Waals surface area contributed by atoms with Crippen LogP contribution in [0.3, 0.4) is 0 Å². The average molecular weight is 425 g/mol. The molecule has 6 heteroatoms. The molecule has 0 saturated carbocycles. The SMILES string of the molecule is CC(C)(C)OC(=O)N(CCCCNC(=O)c1ccccc1)CC1Cc2ccccc2O1. The summed E-state index contributed by atoms with van der Waals surface area (Å²) in [7, 11) is 0. The molecule has 0 aliphatic carbocycles. The van der Waals surface area contributed by atoms with Gasteiger partial charge in [-0.2, -0.15) is 0 Å². The van der Waals surface area contributed by atoms with Gasteiger partial charge in [-0.15, -0.1) is 0 Å². The topological polar surface area (TPSA) is 67.9 Å². The molecule has 3 rings (SSSR count). The zero-order valence-electron chi connectivity index (χ0n) is 18.6. The van der Waals surface area contributed by atoms with Crippen molar-refractivity contribution in [2.75, 3.05) is 19.6 Å². The number of nitrogens with zero attached hydrogens (tertiary/aromatic N) is 1. The van der Waals surface area contributed by atoms with Crippen molar-refractivity contribution in [2.24, 2.45) is 0 Å². The number of amides is 2. The monoisotopic (exact) mass is 424 g/mol. The first-order chi connectivity index (χ1) is 14.8. The summed E-state index contributed by atoms with van der Waals surface area (Å²) in [5.74, 6) is 0.807. The van der Waals surface area contributed by atoms with E-state index in [1.165, 1.54) is 5.56 Å². The van der Waals surface area contributed by atoms with E-state index < -0.39 is 5.60 Å². The van der Waals surface area contributed by atoms with Crippen molar-refractivity contribution < 1.29 is 19.1 Å². The second kappa shape index (κ2) is 10.3. The standard InChI is InChI=1S/C25H32N2O4/c1-25(2,3)31-24(29)27(18-21-17-20-13-7-8-14-22(20)30-21)16-10-9-15-26-23(28)19-11-5-4-6-12-19/h4-8,11-14,21H,9-10,15-18H2,1-3H3,(H,26,28). The molecular formula is C25H32N2O4. The van der Waals surface area contributed by atoms with Gasteiger partial charge in [0.25, 0.3) is 5.91 Å². The molecule has 1 aliphatic rings. The van der Waals surface area contributed by atoms with Crippen LogP contribution in [0.2, 0.25) is 0 Å². The summed E-state index contributed by atoms with van der Waals surface area (Å²) < 4.78 is 11.6. The van der Waals surface area contributed by atoms with E-state index in [2.05, 4.69) is 11.4 Å². The molecule has 0 radical (unpaired) electrons. The van der Waals surface area contributed by atoms with E-state index in [-0.39, 0.29) is 18.1 Å². The molecule has 0 aromatic heterocycles. The average Bonchev–Trinajstić information content (AvgIpc) is 3.14. The van der Waals surface area contributed by atoms with Gasteiger partial charge in [0, 0.05) is 25.1 Å². The van der Waals surface area contributed by atoms with Gasteiger partial charge < -0.3 is 19.7 Å². The Morgan fingerprint density at radius 2 is 1.77 bits per heavy atom. The Hall–Kier alpha value is -3.02. The van der Waals surface area contributed by atoms with Crippen molar-refractivity contribution >= 4 is 12.0 Å². The summed E-state index contributed by atoms with van der Waals surface area (Å²) in [4.78, 5) is 26.6. The van der Waals surface area contributed by atoms with Gasteiger partial charge in [0.2, 0.25) is 0 Å². The lowest BCUT2D eigenvalue weighted by Gasteiger charge is -2.29. The minimum Gasteiger partial charge on any atom is -0.488 e. The normalized spacial score (nSPS) is 15.0. The van der Waals surface area contributed by atoms with Gasteiger partial charge in [0.05, 0.1) is 6.54 Å². The van der Waals surface area contributed by atoms with E-state index in [4.69, 9.17) is 9.47 Å². The van der Waals surface area contributed by atoms with E-state index in [1.807, 2.05) is 57.2 Å². The highest BCUT2D eigenvalue weighted by molar-refractivity contribution is 5.94. The summed E-state index contributed by atoms with van der Waals surface area (Å²) in [5.41, 5.74) is 1.26. The van der Waals surface area contributed by atoms with Gasteiger partial charge in [-0.05, 0) is 57.4 Å². The van der Waals surface area contributed by atoms with Gasteiger partial charge in [-0.25, -0.2) is 4.79 Å². The van der Waals surface area contributed by atoms with E-state index in [1.54, 1.807) is 17.0 Å². The summed E-state index contributed by atoms with van der Waals surface area (Å²) in [6.07, 6.45) is 1.89. The predicted molar refractivity (Wildman–Crippen MR) is 120 cm³/mol. The highest BCUT2D eigenvalue weighted by Crippen LogP contribution is 2.28. The van der Waals surface area contributed by atoms with Crippen LogP contribution >= 0.6 is 0 Å². The highest BCUT2D eigenvalue weighted by atomic mass is 16.6. The molecule has 2 aromatic carbocycles. The smallest absolute Gasteiger partial charge is 0.410 e. The number of hydrogen-bond acceptors (Lipinski definition) is 4. The molecule has 2 aromatic rings. The third-order valence-corrected chi connectivity index (χ3v) is 4.97. The maximum atomic E-state index is 12.8. The number of hydrogen-bond donors (Lipinski definition) is 1. The molecule has 0 spiro atoms. The van der Waals surface area contributed by atoms with Crippen molar-refractivity contribution in [3.05, 3.63) is 65.7 Å². The zero-order valence-corrected chi connectivity index (χ0v) is 18.6. The van der Waals surface area contributed by atoms with Crippen molar-refractivity contribution in [3.8, 4) is 5.75 Å². The number of para-hydroxylation sites is 1. The maximum Gasteiger partial charge on any atom is 0.410 e. The summed E-state index contributed by atoms with van der Waals surface area (Å²) >= 11 is 0. The molecule has 2 amide bonds. The molecule has 1 heterocycles. The number of unbranched alkanes of at least 4 members (excludes halogenated alkanes) is 1. The van der Waals surface area contributed by atoms with Gasteiger partial charge in [-0.3, -0.25) is 4.79 Å². The fourth-order valence-corrected chi connectivity index (χ4v) is 3.51. The van der Waals surface area contributed by atoms with E-state index >= 15 is 0 Å². The quantitative estimate of drug-likeness (QED) is 0.636. The number of nitrogens with one attached hydrogen (secondary N) is 1. The molecule has 166 valence electrons. The Labute approximate surface area is 184 Å². The highest BCUT2D eigenvalue weighted by Gasteiger charge is 2.29. The van der Waals surface area contributed by atoms with Gasteiger partial charge in [0.1, 0.15) is 17.5 Å². The van der Waals surface area contributed by atoms with Crippen molar-refractivity contribution in [1.29, 1.82) is 0 Å². The first-order valence-corrected chi connectivity index (χ1v) is 10.9. The number of fused-ring (bicyclic) bond motifs is 1. The fourth-order valence-electron chi connectivity index (χ4n) is 3.51. The Balaban J connectivity index is 1.48. The minimum atomic E-state index is -0.557. The molecule has 1 unspecified atom stereocenters. The van der Waals surface area contributed by atoms with Crippen LogP contribution in [0.1, 0.15) is 49.5 Å². The second-order valence-corrected chi connectivity index (χ2v) is 8.81. The van der Waals surface area contributed by atoms with Crippen LogP contribution in [-0.4, -0.2) is 48.2 Å². The lowest BCUT2D eigenvalue weighted by molar-refractivity contribution is 0.0179. The third kappa shape index (κ3) is 7.02. The van der Waals surface area contributed by atoms with E-state index in [9.17, 15) is 9.59 Å². The summed E-state index contributed by atoms with van der Waals surface area (Å²) in [6.45, 7) is 7.17. The Morgan fingerprint density at radius 3 is 2.48 bits per heavy atom.